The van der Waals surface area contributed by atoms with Crippen LogP contribution in [0.2, 0.25) is 0 Å². The van der Waals surface area contributed by atoms with Crippen molar-refractivity contribution in [3.05, 3.63) is 78.4 Å². The molecule has 3 heterocycles. The average Bonchev–Trinajstić information content (AvgIpc) is 3.49. The topological polar surface area (TPSA) is 101 Å². The number of ether oxygens (including phenoxy) is 1. The summed E-state index contributed by atoms with van der Waals surface area (Å²) in [6.45, 7) is 2.90. The minimum atomic E-state index is -0.611. The third-order valence-corrected chi connectivity index (χ3v) is 5.85. The number of hydrogen-bond acceptors (Lipinski definition) is 6. The Balaban J connectivity index is 1.28. The predicted molar refractivity (Wildman–Crippen MR) is 139 cm³/mol. The van der Waals surface area contributed by atoms with Gasteiger partial charge in [0.2, 0.25) is 5.88 Å². The highest BCUT2D eigenvalue weighted by atomic mass is 19.1. The molecule has 0 bridgehead atoms. The van der Waals surface area contributed by atoms with Crippen molar-refractivity contribution in [2.24, 2.45) is 7.05 Å². The lowest BCUT2D eigenvalue weighted by molar-refractivity contribution is -0.116. The molecule has 37 heavy (non-hydrogen) atoms. The third kappa shape index (κ3) is 5.75. The molecule has 188 valence electrons. The van der Waals surface area contributed by atoms with Crippen molar-refractivity contribution in [3.8, 4) is 22.9 Å². The van der Waals surface area contributed by atoms with Crippen LogP contribution >= 0.6 is 0 Å². The third-order valence-electron chi connectivity index (χ3n) is 5.85. The molecule has 2 N–H and O–H groups in total. The molecule has 0 aliphatic carbocycles. The van der Waals surface area contributed by atoms with Gasteiger partial charge in [-0.25, -0.2) is 14.2 Å². The largest absolute Gasteiger partial charge is 0.439 e. The molecule has 10 heteroatoms. The van der Waals surface area contributed by atoms with Crippen molar-refractivity contribution in [2.75, 3.05) is 28.6 Å². The lowest BCUT2D eigenvalue weighted by atomic mass is 10.2. The first kappa shape index (κ1) is 24.0. The number of aryl methyl sites for hydroxylation is 2. The number of halogens is 1. The number of hydrogen-bond donors (Lipinski definition) is 2. The Hall–Kier alpha value is -4.73. The Morgan fingerprint density at radius 2 is 1.97 bits per heavy atom. The number of carbonyl (C=O) groups excluding carboxylic acids is 2. The molecule has 1 saturated heterocycles. The second-order valence-corrected chi connectivity index (χ2v) is 8.85. The van der Waals surface area contributed by atoms with Crippen LogP contribution < -0.4 is 20.3 Å². The normalized spacial score (nSPS) is 13.1. The van der Waals surface area contributed by atoms with E-state index in [9.17, 15) is 14.0 Å². The molecule has 2 amide bonds. The van der Waals surface area contributed by atoms with E-state index >= 15 is 0 Å². The molecule has 5 rings (SSSR count). The smallest absolute Gasteiger partial charge is 0.323 e. The first-order valence-electron chi connectivity index (χ1n) is 11.7. The van der Waals surface area contributed by atoms with Crippen LogP contribution in [-0.4, -0.2) is 39.7 Å². The molecule has 0 radical (unpaired) electrons. The van der Waals surface area contributed by atoms with Crippen LogP contribution in [0.1, 0.15) is 12.0 Å². The van der Waals surface area contributed by atoms with Crippen LogP contribution in [0.15, 0.2) is 67.0 Å². The van der Waals surface area contributed by atoms with Gasteiger partial charge in [0.05, 0.1) is 24.1 Å². The van der Waals surface area contributed by atoms with Gasteiger partial charge in [0, 0.05) is 55.3 Å². The van der Waals surface area contributed by atoms with Crippen LogP contribution in [0.3, 0.4) is 0 Å². The van der Waals surface area contributed by atoms with E-state index < -0.39 is 11.8 Å². The zero-order valence-corrected chi connectivity index (χ0v) is 20.4. The number of rotatable bonds is 6. The number of urea groups is 1. The van der Waals surface area contributed by atoms with Crippen LogP contribution in [0, 0.1) is 12.7 Å². The number of aromatic nitrogens is 3. The monoisotopic (exact) mass is 500 g/mol. The van der Waals surface area contributed by atoms with Gasteiger partial charge in [-0.15, -0.1) is 0 Å². The van der Waals surface area contributed by atoms with E-state index in [0.29, 0.717) is 42.5 Å². The second-order valence-electron chi connectivity index (χ2n) is 8.85. The molecular formula is C27H25FN6O3. The maximum atomic E-state index is 14.5. The van der Waals surface area contributed by atoms with Crippen molar-refractivity contribution < 1.29 is 18.7 Å². The van der Waals surface area contributed by atoms with Crippen molar-refractivity contribution in [3.63, 3.8) is 0 Å². The summed E-state index contributed by atoms with van der Waals surface area (Å²) in [7, 11) is 1.82. The average molecular weight is 501 g/mol. The maximum Gasteiger partial charge on any atom is 0.323 e. The van der Waals surface area contributed by atoms with Crippen molar-refractivity contribution in [2.45, 2.75) is 13.3 Å². The van der Waals surface area contributed by atoms with Gasteiger partial charge in [-0.1, -0.05) is 6.07 Å². The molecule has 2 aromatic heterocycles. The first-order valence-corrected chi connectivity index (χ1v) is 11.7. The van der Waals surface area contributed by atoms with Gasteiger partial charge in [0.25, 0.3) is 0 Å². The predicted octanol–water partition coefficient (Wildman–Crippen LogP) is 5.15. The van der Waals surface area contributed by atoms with Crippen LogP contribution in [0.5, 0.6) is 11.6 Å². The van der Waals surface area contributed by atoms with Gasteiger partial charge in [0.1, 0.15) is 11.6 Å². The summed E-state index contributed by atoms with van der Waals surface area (Å²) in [5.41, 5.74) is 3.79. The molecule has 0 atom stereocenters. The number of amides is 2. The summed E-state index contributed by atoms with van der Waals surface area (Å²) < 4.78 is 22.0. The fourth-order valence-corrected chi connectivity index (χ4v) is 4.12. The molecule has 1 fully saturated rings. The van der Waals surface area contributed by atoms with Gasteiger partial charge in [0.15, 0.2) is 5.78 Å². The van der Waals surface area contributed by atoms with Crippen LogP contribution in [0.4, 0.5) is 26.2 Å². The quantitative estimate of drug-likeness (QED) is 0.380. The second kappa shape index (κ2) is 10.1. The Labute approximate surface area is 212 Å². The zero-order chi connectivity index (χ0) is 25.9. The highest BCUT2D eigenvalue weighted by Crippen LogP contribution is 2.28. The van der Waals surface area contributed by atoms with Crippen LogP contribution in [-0.2, 0) is 11.8 Å². The SMILES string of the molecule is Cc1cc(NC(=O)Nc2cc(Oc3cccc(-c4cnn(C)c4)n3)ccc2F)cc(N2CCC(=O)C2)c1. The Bertz CT molecular complexity index is 1480. The lowest BCUT2D eigenvalue weighted by Gasteiger charge is -2.19. The summed E-state index contributed by atoms with van der Waals surface area (Å²) in [6.07, 6.45) is 4.05. The Kier molecular flexibility index (Phi) is 6.55. The van der Waals surface area contributed by atoms with Gasteiger partial charge in [-0.05, 0) is 48.9 Å². The summed E-state index contributed by atoms with van der Waals surface area (Å²) in [6, 6.07) is 14.3. The summed E-state index contributed by atoms with van der Waals surface area (Å²) in [5, 5.41) is 9.43. The summed E-state index contributed by atoms with van der Waals surface area (Å²) >= 11 is 0. The number of pyridine rings is 1. The fourth-order valence-electron chi connectivity index (χ4n) is 4.12. The number of carbonyl (C=O) groups is 2. The molecule has 0 spiro atoms. The maximum absolute atomic E-state index is 14.5. The standard InChI is InChI=1S/C27H25FN6O3/c1-17-10-19(12-20(11-17)34-9-8-21(35)16-34)30-27(36)32-25-13-22(6-7-23(25)28)37-26-5-3-4-24(31-26)18-14-29-33(2)15-18/h3-7,10-15H,8-9,16H2,1-2H3,(H2,30,32,36). The van der Waals surface area contributed by atoms with E-state index in [4.69, 9.17) is 4.74 Å². The molecule has 0 saturated carbocycles. The minimum absolute atomic E-state index is 0.0450. The minimum Gasteiger partial charge on any atom is -0.439 e. The molecular weight excluding hydrogens is 475 g/mol. The molecule has 1 aliphatic heterocycles. The van der Waals surface area contributed by atoms with E-state index in [1.54, 1.807) is 35.1 Å². The molecule has 1 aliphatic rings. The fraction of sp³-hybridized carbons (Fsp3) is 0.185. The lowest BCUT2D eigenvalue weighted by Crippen LogP contribution is -2.22. The van der Waals surface area contributed by atoms with Crippen LogP contribution in [0.25, 0.3) is 11.3 Å². The number of anilines is 3. The molecule has 2 aromatic carbocycles. The van der Waals surface area contributed by atoms with Gasteiger partial charge >= 0.3 is 6.03 Å². The van der Waals surface area contributed by atoms with Crippen molar-refractivity contribution >= 4 is 28.9 Å². The van der Waals surface area contributed by atoms with Gasteiger partial charge < -0.3 is 20.3 Å². The Morgan fingerprint density at radius 1 is 1.11 bits per heavy atom. The van der Waals surface area contributed by atoms with Gasteiger partial charge in [-0.2, -0.15) is 5.10 Å². The highest BCUT2D eigenvalue weighted by Gasteiger charge is 2.20. The zero-order valence-electron chi connectivity index (χ0n) is 20.4. The molecule has 0 unspecified atom stereocenters. The number of benzene rings is 2. The van der Waals surface area contributed by atoms with E-state index in [1.165, 1.54) is 18.2 Å². The first-order chi connectivity index (χ1) is 17.8. The van der Waals surface area contributed by atoms with Crippen molar-refractivity contribution in [1.82, 2.24) is 14.8 Å². The molecule has 9 nitrogen and oxygen atoms in total. The molecule has 4 aromatic rings. The number of Topliss-reactive ketones (excluding diaryl/α,β-unsaturated/α-hetero) is 1. The Morgan fingerprint density at radius 3 is 2.73 bits per heavy atom. The summed E-state index contributed by atoms with van der Waals surface area (Å²) in [5.74, 6) is 0.200. The number of ketones is 1. The highest BCUT2D eigenvalue weighted by molar-refractivity contribution is 6.00. The summed E-state index contributed by atoms with van der Waals surface area (Å²) in [4.78, 5) is 30.8. The van der Waals surface area contributed by atoms with E-state index in [1.807, 2.05) is 37.2 Å². The van der Waals surface area contributed by atoms with Crippen molar-refractivity contribution in [1.29, 1.82) is 0 Å². The van der Waals surface area contributed by atoms with E-state index in [0.717, 1.165) is 16.8 Å². The van der Waals surface area contributed by atoms with E-state index in [2.05, 4.69) is 20.7 Å². The number of nitrogens with zero attached hydrogens (tertiary/aromatic N) is 4. The van der Waals surface area contributed by atoms with Gasteiger partial charge in [-0.3, -0.25) is 9.48 Å². The van der Waals surface area contributed by atoms with E-state index in [-0.39, 0.29) is 11.5 Å². The number of nitrogens with one attached hydrogen (secondary N) is 2.